The standard InChI is InChI=1S/C11H16N2O2/c1-8(15-2)6-10(14)7-9-4-3-5-13-11(9)12/h3-5,8H,6-7H2,1-2H3,(H2,12,13). The second-order valence-corrected chi connectivity index (χ2v) is 3.51. The lowest BCUT2D eigenvalue weighted by Crippen LogP contribution is -2.14. The number of rotatable bonds is 5. The quantitative estimate of drug-likeness (QED) is 0.789. The molecule has 0 saturated heterocycles. The summed E-state index contributed by atoms with van der Waals surface area (Å²) in [6, 6.07) is 3.59. The van der Waals surface area contributed by atoms with Crippen LogP contribution in [0.25, 0.3) is 0 Å². The smallest absolute Gasteiger partial charge is 0.139 e. The Bertz CT molecular complexity index is 339. The van der Waals surface area contributed by atoms with E-state index in [0.717, 1.165) is 5.56 Å². The molecule has 0 fully saturated rings. The molecule has 2 N–H and O–H groups in total. The molecule has 0 spiro atoms. The van der Waals surface area contributed by atoms with E-state index >= 15 is 0 Å². The summed E-state index contributed by atoms with van der Waals surface area (Å²) in [6.45, 7) is 1.87. The van der Waals surface area contributed by atoms with E-state index in [-0.39, 0.29) is 11.9 Å². The fourth-order valence-electron chi connectivity index (χ4n) is 1.29. The lowest BCUT2D eigenvalue weighted by atomic mass is 10.1. The molecule has 0 aliphatic heterocycles. The van der Waals surface area contributed by atoms with Crippen LogP contribution >= 0.6 is 0 Å². The zero-order chi connectivity index (χ0) is 11.3. The topological polar surface area (TPSA) is 65.2 Å². The van der Waals surface area contributed by atoms with Gasteiger partial charge in [-0.1, -0.05) is 6.07 Å². The highest BCUT2D eigenvalue weighted by molar-refractivity contribution is 5.82. The lowest BCUT2D eigenvalue weighted by molar-refractivity contribution is -0.120. The SMILES string of the molecule is COC(C)CC(=O)Cc1cccnc1N. The first-order chi connectivity index (χ1) is 7.13. The van der Waals surface area contributed by atoms with E-state index in [2.05, 4.69) is 4.98 Å². The van der Waals surface area contributed by atoms with Crippen LogP contribution in [0.4, 0.5) is 5.82 Å². The highest BCUT2D eigenvalue weighted by atomic mass is 16.5. The Morgan fingerprint density at radius 3 is 3.00 bits per heavy atom. The van der Waals surface area contributed by atoms with Crippen molar-refractivity contribution in [1.82, 2.24) is 4.98 Å². The number of methoxy groups -OCH3 is 1. The second kappa shape index (κ2) is 5.46. The maximum Gasteiger partial charge on any atom is 0.139 e. The predicted octanol–water partition coefficient (Wildman–Crippen LogP) is 1.20. The molecule has 1 atom stereocenters. The second-order valence-electron chi connectivity index (χ2n) is 3.51. The Morgan fingerprint density at radius 1 is 1.67 bits per heavy atom. The van der Waals surface area contributed by atoms with E-state index < -0.39 is 0 Å². The van der Waals surface area contributed by atoms with Gasteiger partial charge >= 0.3 is 0 Å². The van der Waals surface area contributed by atoms with Crippen LogP contribution in [0.1, 0.15) is 18.9 Å². The summed E-state index contributed by atoms with van der Waals surface area (Å²) >= 11 is 0. The number of hydrogen-bond acceptors (Lipinski definition) is 4. The third-order valence-electron chi connectivity index (χ3n) is 2.23. The number of ether oxygens (including phenoxy) is 1. The normalized spacial score (nSPS) is 12.4. The lowest BCUT2D eigenvalue weighted by Gasteiger charge is -2.08. The molecule has 0 radical (unpaired) electrons. The third kappa shape index (κ3) is 3.67. The van der Waals surface area contributed by atoms with Gasteiger partial charge < -0.3 is 10.5 Å². The van der Waals surface area contributed by atoms with Crippen molar-refractivity contribution in [2.75, 3.05) is 12.8 Å². The third-order valence-corrected chi connectivity index (χ3v) is 2.23. The fraction of sp³-hybridized carbons (Fsp3) is 0.455. The number of nitrogens with zero attached hydrogens (tertiary/aromatic N) is 1. The van der Waals surface area contributed by atoms with Crippen LogP contribution in [-0.2, 0) is 16.0 Å². The molecule has 1 heterocycles. The molecule has 0 aliphatic carbocycles. The maximum atomic E-state index is 11.6. The number of ketones is 1. The summed E-state index contributed by atoms with van der Waals surface area (Å²) < 4.78 is 5.02. The first-order valence-electron chi connectivity index (χ1n) is 4.87. The van der Waals surface area contributed by atoms with Gasteiger partial charge in [0.2, 0.25) is 0 Å². The van der Waals surface area contributed by atoms with Crippen LogP contribution in [0.15, 0.2) is 18.3 Å². The Hall–Kier alpha value is -1.42. The van der Waals surface area contributed by atoms with Gasteiger partial charge in [-0.05, 0) is 13.0 Å². The van der Waals surface area contributed by atoms with Gasteiger partial charge in [-0.3, -0.25) is 4.79 Å². The molecule has 1 rings (SSSR count). The highest BCUT2D eigenvalue weighted by Gasteiger charge is 2.10. The molecule has 4 heteroatoms. The fourth-order valence-corrected chi connectivity index (χ4v) is 1.29. The van der Waals surface area contributed by atoms with Crippen LogP contribution in [0, 0.1) is 0 Å². The van der Waals surface area contributed by atoms with Gasteiger partial charge in [-0.15, -0.1) is 0 Å². The zero-order valence-electron chi connectivity index (χ0n) is 9.06. The van der Waals surface area contributed by atoms with Gasteiger partial charge in [0.05, 0.1) is 6.10 Å². The van der Waals surface area contributed by atoms with E-state index in [0.29, 0.717) is 18.7 Å². The largest absolute Gasteiger partial charge is 0.383 e. The first kappa shape index (κ1) is 11.7. The van der Waals surface area contributed by atoms with Crippen LogP contribution in [0.2, 0.25) is 0 Å². The molecule has 15 heavy (non-hydrogen) atoms. The van der Waals surface area contributed by atoms with E-state index in [9.17, 15) is 4.79 Å². The number of carbonyl (C=O) groups is 1. The molecule has 1 unspecified atom stereocenters. The van der Waals surface area contributed by atoms with Gasteiger partial charge in [0.15, 0.2) is 0 Å². The summed E-state index contributed by atoms with van der Waals surface area (Å²) in [7, 11) is 1.59. The summed E-state index contributed by atoms with van der Waals surface area (Å²) in [5, 5.41) is 0. The van der Waals surface area contributed by atoms with Crippen LogP contribution in [0.5, 0.6) is 0 Å². The van der Waals surface area contributed by atoms with Crippen molar-refractivity contribution in [3.05, 3.63) is 23.9 Å². The molecular weight excluding hydrogens is 192 g/mol. The molecule has 0 saturated carbocycles. The molecule has 0 bridgehead atoms. The van der Waals surface area contributed by atoms with Gasteiger partial charge in [0.1, 0.15) is 11.6 Å². The van der Waals surface area contributed by atoms with E-state index in [1.54, 1.807) is 19.4 Å². The number of hydrogen-bond donors (Lipinski definition) is 1. The van der Waals surface area contributed by atoms with Gasteiger partial charge in [-0.25, -0.2) is 4.98 Å². The average Bonchev–Trinajstić information content (AvgIpc) is 2.21. The van der Waals surface area contributed by atoms with Crippen molar-refractivity contribution in [2.24, 2.45) is 0 Å². The number of Topliss-reactive ketones (excluding diaryl/α,β-unsaturated/α-hetero) is 1. The molecule has 1 aromatic rings. The summed E-state index contributed by atoms with van der Waals surface area (Å²) in [6.07, 6.45) is 2.30. The number of pyridine rings is 1. The van der Waals surface area contributed by atoms with Crippen molar-refractivity contribution < 1.29 is 9.53 Å². The van der Waals surface area contributed by atoms with Crippen molar-refractivity contribution in [2.45, 2.75) is 25.9 Å². The number of anilines is 1. The Balaban J connectivity index is 2.55. The van der Waals surface area contributed by atoms with Crippen LogP contribution < -0.4 is 5.73 Å². The molecule has 1 aromatic heterocycles. The predicted molar refractivity (Wildman–Crippen MR) is 58.4 cm³/mol. The summed E-state index contributed by atoms with van der Waals surface area (Å²) in [5.41, 5.74) is 6.42. The first-order valence-corrected chi connectivity index (χ1v) is 4.87. The Kier molecular flexibility index (Phi) is 4.24. The van der Waals surface area contributed by atoms with Crippen molar-refractivity contribution >= 4 is 11.6 Å². The van der Waals surface area contributed by atoms with Gasteiger partial charge in [-0.2, -0.15) is 0 Å². The molecule has 82 valence electrons. The Labute approximate surface area is 89.5 Å². The summed E-state index contributed by atoms with van der Waals surface area (Å²) in [5.74, 6) is 0.542. The van der Waals surface area contributed by atoms with Gasteiger partial charge in [0, 0.05) is 31.7 Å². The molecule has 4 nitrogen and oxygen atoms in total. The summed E-state index contributed by atoms with van der Waals surface area (Å²) in [4.78, 5) is 15.5. The monoisotopic (exact) mass is 208 g/mol. The number of carbonyl (C=O) groups excluding carboxylic acids is 1. The average molecular weight is 208 g/mol. The number of aromatic nitrogens is 1. The maximum absolute atomic E-state index is 11.6. The molecule has 0 aliphatic rings. The van der Waals surface area contributed by atoms with Crippen LogP contribution in [-0.4, -0.2) is 24.0 Å². The van der Waals surface area contributed by atoms with Crippen molar-refractivity contribution in [3.8, 4) is 0 Å². The molecule has 0 amide bonds. The number of nitrogens with two attached hydrogens (primary N) is 1. The molecular formula is C11H16N2O2. The zero-order valence-corrected chi connectivity index (χ0v) is 9.06. The minimum atomic E-state index is -0.0459. The minimum absolute atomic E-state index is 0.0459. The van der Waals surface area contributed by atoms with E-state index in [1.807, 2.05) is 13.0 Å². The van der Waals surface area contributed by atoms with E-state index in [1.165, 1.54) is 0 Å². The van der Waals surface area contributed by atoms with Crippen LogP contribution in [0.3, 0.4) is 0 Å². The number of nitrogen functional groups attached to an aromatic ring is 1. The highest BCUT2D eigenvalue weighted by Crippen LogP contribution is 2.10. The van der Waals surface area contributed by atoms with E-state index in [4.69, 9.17) is 10.5 Å². The molecule has 0 aromatic carbocycles. The Morgan fingerprint density at radius 2 is 2.40 bits per heavy atom. The minimum Gasteiger partial charge on any atom is -0.383 e. The van der Waals surface area contributed by atoms with Gasteiger partial charge in [0.25, 0.3) is 0 Å². The van der Waals surface area contributed by atoms with Crippen molar-refractivity contribution in [1.29, 1.82) is 0 Å². The van der Waals surface area contributed by atoms with Crippen molar-refractivity contribution in [3.63, 3.8) is 0 Å².